The molecule has 2 fully saturated rings. The van der Waals surface area contributed by atoms with Gasteiger partial charge in [-0.2, -0.15) is 0 Å². The van der Waals surface area contributed by atoms with Crippen molar-refractivity contribution in [3.05, 3.63) is 24.8 Å². The third kappa shape index (κ3) is 6.86. The Kier molecular flexibility index (Phi) is 9.09. The van der Waals surface area contributed by atoms with Crippen LogP contribution in [0.5, 0.6) is 0 Å². The molecule has 0 N–H and O–H groups in total. The summed E-state index contributed by atoms with van der Waals surface area (Å²) in [7, 11) is 0. The van der Waals surface area contributed by atoms with Crippen LogP contribution in [0.4, 0.5) is 0 Å². The van der Waals surface area contributed by atoms with Crippen LogP contribution in [-0.2, 0) is 0 Å². The lowest BCUT2D eigenvalue weighted by atomic mass is 9.68. The molecule has 2 saturated carbocycles. The van der Waals surface area contributed by atoms with Crippen LogP contribution < -0.4 is 0 Å². The normalized spacial score (nSPS) is 32.2. The highest BCUT2D eigenvalue weighted by Crippen LogP contribution is 2.43. The minimum Gasteiger partial charge on any atom is -0.0991 e. The van der Waals surface area contributed by atoms with E-state index in [0.29, 0.717) is 0 Å². The zero-order valence-electron chi connectivity index (χ0n) is 15.6. The predicted octanol–water partition coefficient (Wildman–Crippen LogP) is 7.70. The Bertz CT molecular complexity index is 324. The lowest BCUT2D eigenvalue weighted by molar-refractivity contribution is 0.140. The van der Waals surface area contributed by atoms with E-state index in [2.05, 4.69) is 25.7 Å². The molecule has 0 bridgehead atoms. The molecule has 0 aromatic rings. The highest BCUT2D eigenvalue weighted by molar-refractivity contribution is 4.97. The summed E-state index contributed by atoms with van der Waals surface area (Å²) in [5, 5.41) is 0. The van der Waals surface area contributed by atoms with Gasteiger partial charge in [0.25, 0.3) is 0 Å². The van der Waals surface area contributed by atoms with Crippen LogP contribution in [0.1, 0.15) is 96.8 Å². The van der Waals surface area contributed by atoms with E-state index in [-0.39, 0.29) is 0 Å². The molecule has 0 aromatic heterocycles. The molecule has 2 aliphatic carbocycles. The summed E-state index contributed by atoms with van der Waals surface area (Å²) in [6.45, 7) is 6.07. The van der Waals surface area contributed by atoms with Gasteiger partial charge in [0.05, 0.1) is 0 Å². The quantitative estimate of drug-likeness (QED) is 0.302. The number of unbranched alkanes of at least 4 members (excludes halogenated alkanes) is 2. The second kappa shape index (κ2) is 11.1. The standard InChI is InChI=1S/C23H40/c1-3-5-7-9-11-21-14-18-23(19-15-21)22-16-12-20(13-17-22)10-8-6-4-2/h3,5,7,20-23H,1,4,6,8-19H2,2H3/b7-5+. The van der Waals surface area contributed by atoms with E-state index in [4.69, 9.17) is 0 Å². The minimum absolute atomic E-state index is 1.01. The van der Waals surface area contributed by atoms with Crippen molar-refractivity contribution in [2.24, 2.45) is 23.7 Å². The fourth-order valence-corrected chi connectivity index (χ4v) is 5.10. The van der Waals surface area contributed by atoms with Crippen molar-refractivity contribution >= 4 is 0 Å². The molecule has 0 aliphatic heterocycles. The van der Waals surface area contributed by atoms with Crippen LogP contribution in [0.25, 0.3) is 0 Å². The maximum absolute atomic E-state index is 3.75. The Hall–Kier alpha value is -0.520. The van der Waals surface area contributed by atoms with Crippen molar-refractivity contribution < 1.29 is 0 Å². The van der Waals surface area contributed by atoms with Gasteiger partial charge in [0, 0.05) is 0 Å². The second-order valence-corrected chi connectivity index (χ2v) is 8.30. The third-order valence-electron chi connectivity index (χ3n) is 6.68. The van der Waals surface area contributed by atoms with E-state index in [9.17, 15) is 0 Å². The summed E-state index contributed by atoms with van der Waals surface area (Å²) in [6.07, 6.45) is 27.0. The Morgan fingerprint density at radius 1 is 0.783 bits per heavy atom. The monoisotopic (exact) mass is 316 g/mol. The molecule has 2 rings (SSSR count). The second-order valence-electron chi connectivity index (χ2n) is 8.30. The van der Waals surface area contributed by atoms with Gasteiger partial charge in [0.2, 0.25) is 0 Å². The van der Waals surface area contributed by atoms with E-state index >= 15 is 0 Å². The summed E-state index contributed by atoms with van der Waals surface area (Å²) in [6, 6.07) is 0. The van der Waals surface area contributed by atoms with Crippen molar-refractivity contribution in [3.63, 3.8) is 0 Å². The fourth-order valence-electron chi connectivity index (χ4n) is 5.10. The largest absolute Gasteiger partial charge is 0.0991 e. The maximum Gasteiger partial charge on any atom is -0.0345 e. The van der Waals surface area contributed by atoms with Crippen LogP contribution in [0.2, 0.25) is 0 Å². The molecular weight excluding hydrogens is 276 g/mol. The van der Waals surface area contributed by atoms with E-state index in [0.717, 1.165) is 23.7 Å². The zero-order chi connectivity index (χ0) is 16.3. The fraction of sp³-hybridized carbons (Fsp3) is 0.826. The van der Waals surface area contributed by atoms with Gasteiger partial charge < -0.3 is 0 Å². The Balaban J connectivity index is 1.59. The average molecular weight is 317 g/mol. The summed E-state index contributed by atoms with van der Waals surface area (Å²) >= 11 is 0. The van der Waals surface area contributed by atoms with Gasteiger partial charge in [-0.25, -0.2) is 0 Å². The molecule has 0 nitrogen and oxygen atoms in total. The van der Waals surface area contributed by atoms with Crippen LogP contribution in [0.3, 0.4) is 0 Å². The molecule has 132 valence electrons. The highest BCUT2D eigenvalue weighted by Gasteiger charge is 2.30. The van der Waals surface area contributed by atoms with Crippen molar-refractivity contribution in [2.75, 3.05) is 0 Å². The van der Waals surface area contributed by atoms with E-state index in [1.54, 1.807) is 25.7 Å². The molecule has 0 atom stereocenters. The van der Waals surface area contributed by atoms with Crippen molar-refractivity contribution in [1.29, 1.82) is 0 Å². The van der Waals surface area contributed by atoms with E-state index in [1.165, 1.54) is 64.2 Å². The summed E-state index contributed by atoms with van der Waals surface area (Å²) in [4.78, 5) is 0. The van der Waals surface area contributed by atoms with Crippen molar-refractivity contribution in [1.82, 2.24) is 0 Å². The van der Waals surface area contributed by atoms with Gasteiger partial charge in [0.15, 0.2) is 0 Å². The third-order valence-corrected chi connectivity index (χ3v) is 6.68. The Morgan fingerprint density at radius 2 is 1.35 bits per heavy atom. The first kappa shape index (κ1) is 18.8. The first-order chi connectivity index (χ1) is 11.3. The average Bonchev–Trinajstić information content (AvgIpc) is 2.60. The minimum atomic E-state index is 1.01. The van der Waals surface area contributed by atoms with Gasteiger partial charge in [-0.15, -0.1) is 0 Å². The first-order valence-electron chi connectivity index (χ1n) is 10.6. The summed E-state index contributed by atoms with van der Waals surface area (Å²) in [5.41, 5.74) is 0. The van der Waals surface area contributed by atoms with Crippen LogP contribution in [0.15, 0.2) is 24.8 Å². The highest BCUT2D eigenvalue weighted by atomic mass is 14.4. The molecule has 23 heavy (non-hydrogen) atoms. The van der Waals surface area contributed by atoms with Crippen molar-refractivity contribution in [2.45, 2.75) is 96.8 Å². The van der Waals surface area contributed by atoms with Crippen LogP contribution in [-0.4, -0.2) is 0 Å². The smallest absolute Gasteiger partial charge is 0.0345 e. The summed E-state index contributed by atoms with van der Waals surface area (Å²) < 4.78 is 0. The molecule has 0 radical (unpaired) electrons. The molecule has 0 unspecified atom stereocenters. The molecule has 0 saturated heterocycles. The van der Waals surface area contributed by atoms with Gasteiger partial charge in [0.1, 0.15) is 0 Å². The van der Waals surface area contributed by atoms with Crippen LogP contribution >= 0.6 is 0 Å². The number of hydrogen-bond donors (Lipinski definition) is 0. The number of hydrogen-bond acceptors (Lipinski definition) is 0. The molecule has 0 aromatic carbocycles. The molecule has 0 heterocycles. The molecule has 2 aliphatic rings. The predicted molar refractivity (Wildman–Crippen MR) is 104 cm³/mol. The topological polar surface area (TPSA) is 0 Å². The number of allylic oxidation sites excluding steroid dienone is 3. The van der Waals surface area contributed by atoms with Crippen molar-refractivity contribution in [3.8, 4) is 0 Å². The molecule has 0 spiro atoms. The van der Waals surface area contributed by atoms with Gasteiger partial charge in [-0.1, -0.05) is 83.1 Å². The van der Waals surface area contributed by atoms with Gasteiger partial charge in [-0.3, -0.25) is 0 Å². The Morgan fingerprint density at radius 3 is 1.87 bits per heavy atom. The maximum atomic E-state index is 3.75. The lowest BCUT2D eigenvalue weighted by Crippen LogP contribution is -2.25. The van der Waals surface area contributed by atoms with Gasteiger partial charge in [-0.05, 0) is 62.2 Å². The molecule has 0 amide bonds. The lowest BCUT2D eigenvalue weighted by Gasteiger charge is -2.38. The summed E-state index contributed by atoms with van der Waals surface area (Å²) in [5.74, 6) is 4.24. The van der Waals surface area contributed by atoms with E-state index in [1.807, 2.05) is 6.08 Å². The zero-order valence-corrected chi connectivity index (χ0v) is 15.6. The number of rotatable bonds is 9. The molecular formula is C23H40. The molecule has 0 heteroatoms. The SMILES string of the molecule is C=C/C=C/CCC1CCC(C2CCC(CCCCC)CC2)CC1. The first-order valence-corrected chi connectivity index (χ1v) is 10.6. The van der Waals surface area contributed by atoms with Crippen LogP contribution in [0, 0.1) is 23.7 Å². The van der Waals surface area contributed by atoms with E-state index < -0.39 is 0 Å². The van der Waals surface area contributed by atoms with Gasteiger partial charge >= 0.3 is 0 Å². The Labute approximate surface area is 145 Å².